The summed E-state index contributed by atoms with van der Waals surface area (Å²) in [5.74, 6) is -2.47. The van der Waals surface area contributed by atoms with E-state index in [1.807, 2.05) is 0 Å². The largest absolute Gasteiger partial charge is 0.323 e. The second-order valence-corrected chi connectivity index (χ2v) is 3.82. The summed E-state index contributed by atoms with van der Waals surface area (Å²) >= 11 is 0. The number of carbonyl (C=O) groups excluding carboxylic acids is 1. The van der Waals surface area contributed by atoms with Crippen LogP contribution in [0.25, 0.3) is 0 Å². The smallest absolute Gasteiger partial charge is 0.230 e. The average Bonchev–Trinajstić information content (AvgIpc) is 2.37. The van der Waals surface area contributed by atoms with Gasteiger partial charge in [-0.15, -0.1) is 0 Å². The highest BCUT2D eigenvalue weighted by molar-refractivity contribution is 5.92. The topological polar surface area (TPSA) is 42.0 Å². The van der Waals surface area contributed by atoms with Gasteiger partial charge in [0.25, 0.3) is 0 Å². The Bertz CT molecular complexity index is 599. The molecule has 0 fully saturated rings. The van der Waals surface area contributed by atoms with Crippen molar-refractivity contribution in [1.29, 1.82) is 0 Å². The summed E-state index contributed by atoms with van der Waals surface area (Å²) in [5, 5.41) is 2.23. The van der Waals surface area contributed by atoms with Crippen LogP contribution in [-0.4, -0.2) is 10.9 Å². The van der Waals surface area contributed by atoms with Crippen LogP contribution >= 0.6 is 0 Å². The number of nitrogens with zero attached hydrogens (tertiary/aromatic N) is 1. The molecule has 0 bridgehead atoms. The van der Waals surface area contributed by atoms with Crippen molar-refractivity contribution in [3.05, 3.63) is 59.7 Å². The summed E-state index contributed by atoms with van der Waals surface area (Å²) in [6, 6.07) is 5.26. The van der Waals surface area contributed by atoms with E-state index in [1.165, 1.54) is 12.1 Å². The SMILES string of the molecule is O=C(Cc1ccc(F)cn1)Nc1cc(F)ccc1F. The first kappa shape index (κ1) is 13.1. The lowest BCUT2D eigenvalue weighted by atomic mass is 10.2. The molecule has 1 aromatic heterocycles. The van der Waals surface area contributed by atoms with Crippen LogP contribution in [0.2, 0.25) is 0 Å². The third kappa shape index (κ3) is 3.54. The number of halogens is 3. The maximum Gasteiger partial charge on any atom is 0.230 e. The van der Waals surface area contributed by atoms with Gasteiger partial charge < -0.3 is 5.32 Å². The predicted molar refractivity (Wildman–Crippen MR) is 62.9 cm³/mol. The molecule has 0 saturated heterocycles. The molecular formula is C13H9F3N2O. The molecule has 0 unspecified atom stereocenters. The lowest BCUT2D eigenvalue weighted by molar-refractivity contribution is -0.115. The lowest BCUT2D eigenvalue weighted by Crippen LogP contribution is -2.16. The molecule has 0 atom stereocenters. The molecule has 6 heteroatoms. The Hall–Kier alpha value is -2.37. The van der Waals surface area contributed by atoms with E-state index in [-0.39, 0.29) is 12.1 Å². The first-order chi connectivity index (χ1) is 9.04. The number of benzene rings is 1. The highest BCUT2D eigenvalue weighted by atomic mass is 19.1. The van der Waals surface area contributed by atoms with Crippen molar-refractivity contribution in [3.63, 3.8) is 0 Å². The van der Waals surface area contributed by atoms with Crippen LogP contribution in [0, 0.1) is 17.5 Å². The van der Waals surface area contributed by atoms with Crippen LogP contribution in [0.1, 0.15) is 5.69 Å². The second kappa shape index (κ2) is 5.51. The van der Waals surface area contributed by atoms with E-state index in [0.717, 1.165) is 24.4 Å². The van der Waals surface area contributed by atoms with E-state index in [9.17, 15) is 18.0 Å². The monoisotopic (exact) mass is 266 g/mol. The Kier molecular flexibility index (Phi) is 3.79. The number of carbonyl (C=O) groups is 1. The molecule has 0 aliphatic heterocycles. The number of nitrogens with one attached hydrogen (secondary N) is 1. The molecular weight excluding hydrogens is 257 g/mol. The van der Waals surface area contributed by atoms with Crippen LogP contribution in [0.5, 0.6) is 0 Å². The molecule has 19 heavy (non-hydrogen) atoms. The lowest BCUT2D eigenvalue weighted by Gasteiger charge is -2.06. The molecule has 0 radical (unpaired) electrons. The van der Waals surface area contributed by atoms with Gasteiger partial charge >= 0.3 is 0 Å². The predicted octanol–water partition coefficient (Wildman–Crippen LogP) is 2.68. The van der Waals surface area contributed by atoms with Gasteiger partial charge in [-0.1, -0.05) is 0 Å². The zero-order chi connectivity index (χ0) is 13.8. The van der Waals surface area contributed by atoms with Gasteiger partial charge in [0.05, 0.1) is 18.3 Å². The van der Waals surface area contributed by atoms with Gasteiger partial charge in [-0.05, 0) is 24.3 Å². The van der Waals surface area contributed by atoms with Crippen LogP contribution in [0.4, 0.5) is 18.9 Å². The Morgan fingerprint density at radius 3 is 2.53 bits per heavy atom. The summed E-state index contributed by atoms with van der Waals surface area (Å²) in [6.45, 7) is 0. The van der Waals surface area contributed by atoms with Crippen molar-refractivity contribution in [3.8, 4) is 0 Å². The van der Waals surface area contributed by atoms with Crippen molar-refractivity contribution in [2.75, 3.05) is 5.32 Å². The minimum Gasteiger partial charge on any atom is -0.323 e. The third-order valence-corrected chi connectivity index (χ3v) is 2.33. The minimum absolute atomic E-state index is 0.157. The molecule has 0 spiro atoms. The molecule has 3 nitrogen and oxygen atoms in total. The number of aromatic nitrogens is 1. The highest BCUT2D eigenvalue weighted by Gasteiger charge is 2.09. The Morgan fingerprint density at radius 1 is 1.11 bits per heavy atom. The van der Waals surface area contributed by atoms with E-state index in [1.54, 1.807) is 0 Å². The molecule has 0 saturated carbocycles. The summed E-state index contributed by atoms with van der Waals surface area (Å²) in [6.07, 6.45) is 0.821. The van der Waals surface area contributed by atoms with Crippen molar-refractivity contribution >= 4 is 11.6 Å². The van der Waals surface area contributed by atoms with Crippen molar-refractivity contribution < 1.29 is 18.0 Å². The highest BCUT2D eigenvalue weighted by Crippen LogP contribution is 2.15. The maximum atomic E-state index is 13.3. The van der Waals surface area contributed by atoms with Crippen LogP contribution in [-0.2, 0) is 11.2 Å². The summed E-state index contributed by atoms with van der Waals surface area (Å²) in [4.78, 5) is 15.3. The van der Waals surface area contributed by atoms with Gasteiger partial charge in [0.2, 0.25) is 5.91 Å². The quantitative estimate of drug-likeness (QED) is 0.928. The van der Waals surface area contributed by atoms with Crippen LogP contribution in [0.15, 0.2) is 36.5 Å². The Labute approximate surface area is 107 Å². The van der Waals surface area contributed by atoms with E-state index in [0.29, 0.717) is 5.69 Å². The maximum absolute atomic E-state index is 13.3. The van der Waals surface area contributed by atoms with Crippen LogP contribution < -0.4 is 5.32 Å². The van der Waals surface area contributed by atoms with Gasteiger partial charge in [0, 0.05) is 11.8 Å². The fourth-order valence-corrected chi connectivity index (χ4v) is 1.46. The fourth-order valence-electron chi connectivity index (χ4n) is 1.46. The minimum atomic E-state index is -0.734. The van der Waals surface area contributed by atoms with Crippen molar-refractivity contribution in [2.24, 2.45) is 0 Å². The number of amides is 1. The average molecular weight is 266 g/mol. The second-order valence-electron chi connectivity index (χ2n) is 3.82. The number of hydrogen-bond donors (Lipinski definition) is 1. The summed E-state index contributed by atoms with van der Waals surface area (Å²) in [5.41, 5.74) is 0.0859. The van der Waals surface area contributed by atoms with Crippen LogP contribution in [0.3, 0.4) is 0 Å². The molecule has 0 aliphatic rings. The number of anilines is 1. The van der Waals surface area contributed by atoms with Gasteiger partial charge in [0.15, 0.2) is 0 Å². The first-order valence-corrected chi connectivity index (χ1v) is 5.40. The standard InChI is InChI=1S/C13H9F3N2O/c14-8-2-4-11(16)12(5-8)18-13(19)6-10-3-1-9(15)7-17-10/h1-5,7H,6H2,(H,18,19). The van der Waals surface area contributed by atoms with Gasteiger partial charge in [-0.2, -0.15) is 0 Å². The number of hydrogen-bond acceptors (Lipinski definition) is 2. The zero-order valence-corrected chi connectivity index (χ0v) is 9.66. The Morgan fingerprint density at radius 2 is 1.84 bits per heavy atom. The first-order valence-electron chi connectivity index (χ1n) is 5.40. The molecule has 1 heterocycles. The molecule has 2 rings (SSSR count). The van der Waals surface area contributed by atoms with Gasteiger partial charge in [-0.25, -0.2) is 13.2 Å². The molecule has 2 aromatic rings. The number of rotatable bonds is 3. The summed E-state index contributed by atoms with van der Waals surface area (Å²) in [7, 11) is 0. The molecule has 0 aliphatic carbocycles. The zero-order valence-electron chi connectivity index (χ0n) is 9.66. The van der Waals surface area contributed by atoms with Gasteiger partial charge in [0.1, 0.15) is 17.5 Å². The fraction of sp³-hybridized carbons (Fsp3) is 0.0769. The Balaban J connectivity index is 2.05. The molecule has 1 N–H and O–H groups in total. The molecule has 98 valence electrons. The number of pyridine rings is 1. The normalized spacial score (nSPS) is 10.3. The van der Waals surface area contributed by atoms with E-state index in [4.69, 9.17) is 0 Å². The summed E-state index contributed by atoms with van der Waals surface area (Å²) < 4.78 is 38.8. The van der Waals surface area contributed by atoms with Crippen molar-refractivity contribution in [1.82, 2.24) is 4.98 Å². The van der Waals surface area contributed by atoms with E-state index < -0.39 is 23.4 Å². The van der Waals surface area contributed by atoms with E-state index in [2.05, 4.69) is 10.3 Å². The molecule has 1 aromatic carbocycles. The van der Waals surface area contributed by atoms with E-state index >= 15 is 0 Å². The van der Waals surface area contributed by atoms with Crippen molar-refractivity contribution in [2.45, 2.75) is 6.42 Å². The third-order valence-electron chi connectivity index (χ3n) is 2.33. The molecule has 1 amide bonds. The van der Waals surface area contributed by atoms with Gasteiger partial charge in [-0.3, -0.25) is 9.78 Å².